The number of para-hydroxylation sites is 1. The summed E-state index contributed by atoms with van der Waals surface area (Å²) in [6.07, 6.45) is 8.29. The van der Waals surface area contributed by atoms with E-state index in [0.29, 0.717) is 6.54 Å². The number of hydrogen-bond acceptors (Lipinski definition) is 4. The summed E-state index contributed by atoms with van der Waals surface area (Å²) >= 11 is 0. The van der Waals surface area contributed by atoms with Crippen LogP contribution in [0, 0.1) is 17.8 Å². The molecule has 4 bridgehead atoms. The van der Waals surface area contributed by atoms with Crippen molar-refractivity contribution in [2.24, 2.45) is 17.8 Å². The number of ether oxygens (including phenoxy) is 1. The zero-order chi connectivity index (χ0) is 23.0. The van der Waals surface area contributed by atoms with Crippen LogP contribution >= 0.6 is 0 Å². The van der Waals surface area contributed by atoms with Gasteiger partial charge in [-0.1, -0.05) is 18.2 Å². The van der Waals surface area contributed by atoms with E-state index < -0.39 is 12.1 Å². The molecule has 0 aromatic heterocycles. The Bertz CT molecular complexity index is 895. The molecular weight excluding hydrogens is 418 g/mol. The predicted molar refractivity (Wildman–Crippen MR) is 125 cm³/mol. The molecule has 1 heterocycles. The molecule has 7 heteroatoms. The average Bonchev–Trinajstić information content (AvgIpc) is 2.76. The molecule has 7 nitrogen and oxygen atoms in total. The number of nitrogens with one attached hydrogen (secondary N) is 2. The number of urea groups is 1. The Labute approximate surface area is 195 Å². The van der Waals surface area contributed by atoms with Gasteiger partial charge in [0.05, 0.1) is 6.42 Å². The van der Waals surface area contributed by atoms with E-state index in [1.54, 1.807) is 11.8 Å². The highest BCUT2D eigenvalue weighted by Gasteiger charge is 2.51. The number of amides is 3. The number of rotatable bonds is 6. The first-order chi connectivity index (χ1) is 15.9. The normalized spacial score (nSPS) is 30.3. The van der Waals surface area contributed by atoms with Crippen molar-refractivity contribution in [3.8, 4) is 0 Å². The molecule has 1 aromatic carbocycles. The van der Waals surface area contributed by atoms with Gasteiger partial charge in [-0.2, -0.15) is 0 Å². The van der Waals surface area contributed by atoms with Gasteiger partial charge in [-0.05, 0) is 87.7 Å². The van der Waals surface area contributed by atoms with E-state index >= 15 is 0 Å². The highest BCUT2D eigenvalue weighted by Crippen LogP contribution is 2.55. The van der Waals surface area contributed by atoms with Gasteiger partial charge in [0, 0.05) is 24.3 Å². The Balaban J connectivity index is 1.06. The molecular formula is C26H35N3O4. The average molecular weight is 454 g/mol. The number of aryl methyl sites for hydroxylation is 1. The Hall–Kier alpha value is -2.57. The number of hydrogen-bond donors (Lipinski definition) is 2. The monoisotopic (exact) mass is 453 g/mol. The highest BCUT2D eigenvalue weighted by atomic mass is 16.5. The topological polar surface area (TPSA) is 87.7 Å². The van der Waals surface area contributed by atoms with Crippen LogP contribution in [0.1, 0.15) is 63.9 Å². The van der Waals surface area contributed by atoms with Crippen molar-refractivity contribution in [2.75, 3.05) is 18.0 Å². The van der Waals surface area contributed by atoms with E-state index in [4.69, 9.17) is 4.74 Å². The van der Waals surface area contributed by atoms with Crippen molar-refractivity contribution in [1.29, 1.82) is 0 Å². The summed E-state index contributed by atoms with van der Waals surface area (Å²) in [5.74, 6) is 1.60. The largest absolute Gasteiger partial charge is 0.452 e. The summed E-state index contributed by atoms with van der Waals surface area (Å²) in [6, 6.07) is 7.67. The van der Waals surface area contributed by atoms with Crippen LogP contribution in [0.25, 0.3) is 0 Å². The minimum atomic E-state index is -0.857. The molecule has 1 aromatic rings. The summed E-state index contributed by atoms with van der Waals surface area (Å²) in [7, 11) is 0. The van der Waals surface area contributed by atoms with Gasteiger partial charge in [0.15, 0.2) is 6.10 Å². The van der Waals surface area contributed by atoms with Crippen LogP contribution in [0.5, 0.6) is 0 Å². The van der Waals surface area contributed by atoms with Crippen molar-refractivity contribution in [3.05, 3.63) is 29.8 Å². The third-order valence-electron chi connectivity index (χ3n) is 8.06. The highest BCUT2D eigenvalue weighted by molar-refractivity contribution is 5.98. The number of carbonyl (C=O) groups is 3. The Morgan fingerprint density at radius 2 is 1.76 bits per heavy atom. The first-order valence-corrected chi connectivity index (χ1v) is 12.6. The fraction of sp³-hybridized carbons (Fsp3) is 0.654. The van der Waals surface area contributed by atoms with E-state index in [0.717, 1.165) is 61.1 Å². The molecule has 5 aliphatic rings. The van der Waals surface area contributed by atoms with Crippen molar-refractivity contribution in [3.63, 3.8) is 0 Å². The first kappa shape index (κ1) is 22.2. The Morgan fingerprint density at radius 1 is 1.09 bits per heavy atom. The predicted octanol–water partition coefficient (Wildman–Crippen LogP) is 3.56. The second-order valence-electron chi connectivity index (χ2n) is 10.7. The van der Waals surface area contributed by atoms with Gasteiger partial charge >= 0.3 is 12.0 Å². The number of fused-ring (bicyclic) bond motifs is 1. The minimum absolute atomic E-state index is 0.0441. The molecule has 1 atom stereocenters. The first-order valence-electron chi connectivity index (χ1n) is 12.6. The standard InChI is InChI=1S/C26H35N3O4/c1-17(24(31)29-10-4-6-21-5-2-3-7-22(21)29)33-23(30)8-9-27-25(32)28-26-14-18-11-19(15-26)13-20(12-18)16-26/h2-3,5,7,17-20H,4,6,8-16H2,1H3,(H2,27,28,32)/t17-,18?,19?,20?,26?/m1/s1. The van der Waals surface area contributed by atoms with Gasteiger partial charge in [-0.25, -0.2) is 4.79 Å². The lowest BCUT2D eigenvalue weighted by atomic mass is 9.53. The lowest BCUT2D eigenvalue weighted by molar-refractivity contribution is -0.153. The SMILES string of the molecule is C[C@@H](OC(=O)CCNC(=O)NC12CC3CC(CC(C3)C1)C2)C(=O)N1CCCc2ccccc21. The summed E-state index contributed by atoms with van der Waals surface area (Å²) in [5, 5.41) is 6.07. The van der Waals surface area contributed by atoms with E-state index in [1.807, 2.05) is 24.3 Å². The third-order valence-corrected chi connectivity index (χ3v) is 8.06. The molecule has 0 saturated heterocycles. The summed E-state index contributed by atoms with van der Waals surface area (Å²) in [6.45, 7) is 2.44. The van der Waals surface area contributed by atoms with Crippen LogP contribution < -0.4 is 15.5 Å². The maximum absolute atomic E-state index is 12.9. The lowest BCUT2D eigenvalue weighted by Crippen LogP contribution is -2.61. The number of nitrogens with zero attached hydrogens (tertiary/aromatic N) is 1. The molecule has 178 valence electrons. The third kappa shape index (κ3) is 4.73. The number of carbonyl (C=O) groups excluding carboxylic acids is 3. The van der Waals surface area contributed by atoms with Gasteiger partial charge in [0.2, 0.25) is 0 Å². The smallest absolute Gasteiger partial charge is 0.315 e. The Morgan fingerprint density at radius 3 is 2.45 bits per heavy atom. The number of anilines is 1. The summed E-state index contributed by atoms with van der Waals surface area (Å²) < 4.78 is 5.39. The molecule has 0 spiro atoms. The van der Waals surface area contributed by atoms with Crippen LogP contribution in [0.15, 0.2) is 24.3 Å². The molecule has 6 rings (SSSR count). The zero-order valence-electron chi connectivity index (χ0n) is 19.5. The Kier molecular flexibility index (Phi) is 6.06. The summed E-state index contributed by atoms with van der Waals surface area (Å²) in [4.78, 5) is 39.5. The lowest BCUT2D eigenvalue weighted by Gasteiger charge is -2.56. The molecule has 4 saturated carbocycles. The van der Waals surface area contributed by atoms with Crippen molar-refractivity contribution < 1.29 is 19.1 Å². The van der Waals surface area contributed by atoms with Crippen molar-refractivity contribution in [2.45, 2.75) is 76.4 Å². The minimum Gasteiger partial charge on any atom is -0.452 e. The van der Waals surface area contributed by atoms with E-state index in [-0.39, 0.29) is 30.4 Å². The molecule has 1 aliphatic heterocycles. The second-order valence-corrected chi connectivity index (χ2v) is 10.7. The zero-order valence-corrected chi connectivity index (χ0v) is 19.5. The van der Waals surface area contributed by atoms with Gasteiger partial charge in [-0.3, -0.25) is 9.59 Å². The van der Waals surface area contributed by atoms with Gasteiger partial charge in [0.1, 0.15) is 0 Å². The molecule has 4 fully saturated rings. The van der Waals surface area contributed by atoms with Gasteiger partial charge < -0.3 is 20.3 Å². The molecule has 0 radical (unpaired) electrons. The molecule has 4 aliphatic carbocycles. The van der Waals surface area contributed by atoms with Crippen LogP contribution in [-0.2, 0) is 20.7 Å². The van der Waals surface area contributed by atoms with Crippen molar-refractivity contribution >= 4 is 23.6 Å². The molecule has 33 heavy (non-hydrogen) atoms. The summed E-state index contributed by atoms with van der Waals surface area (Å²) in [5.41, 5.74) is 2.00. The fourth-order valence-corrected chi connectivity index (χ4v) is 7.12. The maximum atomic E-state index is 12.9. The van der Waals surface area contributed by atoms with Crippen LogP contribution in [0.3, 0.4) is 0 Å². The quantitative estimate of drug-likeness (QED) is 0.645. The van der Waals surface area contributed by atoms with E-state index in [2.05, 4.69) is 10.6 Å². The van der Waals surface area contributed by atoms with Crippen LogP contribution in [-0.4, -0.2) is 42.6 Å². The van der Waals surface area contributed by atoms with Crippen LogP contribution in [0.4, 0.5) is 10.5 Å². The second kappa shape index (κ2) is 8.99. The maximum Gasteiger partial charge on any atom is 0.315 e. The van der Waals surface area contributed by atoms with Crippen molar-refractivity contribution in [1.82, 2.24) is 10.6 Å². The van der Waals surface area contributed by atoms with E-state index in [1.165, 1.54) is 19.3 Å². The van der Waals surface area contributed by atoms with E-state index in [9.17, 15) is 14.4 Å². The van der Waals surface area contributed by atoms with Crippen LogP contribution in [0.2, 0.25) is 0 Å². The number of esters is 1. The molecule has 2 N–H and O–H groups in total. The van der Waals surface area contributed by atoms with Gasteiger partial charge in [0.25, 0.3) is 5.91 Å². The fourth-order valence-electron chi connectivity index (χ4n) is 7.12. The molecule has 3 amide bonds. The number of benzene rings is 1. The van der Waals surface area contributed by atoms with Gasteiger partial charge in [-0.15, -0.1) is 0 Å². The molecule has 0 unspecified atom stereocenters.